The molecule has 1 saturated carbocycles. The molecule has 0 spiro atoms. The Balaban J connectivity index is 0.00000156. The van der Waals surface area contributed by atoms with Gasteiger partial charge in [0.1, 0.15) is 0 Å². The molecule has 2 N–H and O–H groups in total. The number of carbonyl (C=O) groups is 1. The van der Waals surface area contributed by atoms with Gasteiger partial charge in [0.2, 0.25) is 5.91 Å². The number of halogens is 1. The van der Waals surface area contributed by atoms with Crippen LogP contribution >= 0.6 is 12.4 Å². The molecule has 2 aromatic carbocycles. The minimum Gasteiger partial charge on any atom is -0.351 e. The summed E-state index contributed by atoms with van der Waals surface area (Å²) < 4.78 is 0. The number of benzene rings is 2. The van der Waals surface area contributed by atoms with Crippen LogP contribution in [0.4, 0.5) is 0 Å². The highest BCUT2D eigenvalue weighted by Gasteiger charge is 2.50. The minimum absolute atomic E-state index is 0. The molecule has 0 atom stereocenters. The van der Waals surface area contributed by atoms with E-state index in [0.29, 0.717) is 6.54 Å². The maximum absolute atomic E-state index is 12.6. The van der Waals surface area contributed by atoms with Crippen LogP contribution in [0, 0.1) is 0 Å². The van der Waals surface area contributed by atoms with E-state index in [4.69, 9.17) is 0 Å². The number of nitrogens with one attached hydrogen (secondary N) is 2. The molecule has 120 valence electrons. The van der Waals surface area contributed by atoms with Gasteiger partial charge in [-0.2, -0.15) is 0 Å². The molecule has 0 aromatic heterocycles. The lowest BCUT2D eigenvalue weighted by molar-refractivity contribution is -0.123. The quantitative estimate of drug-likeness (QED) is 0.905. The average Bonchev–Trinajstić information content (AvgIpc) is 3.25. The van der Waals surface area contributed by atoms with E-state index in [0.717, 1.165) is 31.5 Å². The summed E-state index contributed by atoms with van der Waals surface area (Å²) in [4.78, 5) is 12.6. The zero-order chi connectivity index (χ0) is 15.0. The number of amides is 1. The van der Waals surface area contributed by atoms with Crippen molar-refractivity contribution in [3.8, 4) is 0 Å². The molecule has 1 amide bonds. The lowest BCUT2D eigenvalue weighted by Gasteiger charge is -2.16. The maximum Gasteiger partial charge on any atom is 0.230 e. The van der Waals surface area contributed by atoms with Crippen LogP contribution < -0.4 is 10.6 Å². The van der Waals surface area contributed by atoms with E-state index in [1.807, 2.05) is 18.2 Å². The van der Waals surface area contributed by atoms with Gasteiger partial charge in [-0.05, 0) is 35.1 Å². The van der Waals surface area contributed by atoms with Gasteiger partial charge in [-0.15, -0.1) is 12.4 Å². The van der Waals surface area contributed by atoms with Crippen molar-refractivity contribution in [1.29, 1.82) is 0 Å². The highest BCUT2D eigenvalue weighted by molar-refractivity contribution is 5.91. The smallest absolute Gasteiger partial charge is 0.230 e. The Morgan fingerprint density at radius 1 is 1.04 bits per heavy atom. The summed E-state index contributed by atoms with van der Waals surface area (Å²) in [6.45, 7) is 2.50. The van der Waals surface area contributed by atoms with Crippen LogP contribution in [0.25, 0.3) is 0 Å². The molecule has 3 nitrogen and oxygen atoms in total. The zero-order valence-electron chi connectivity index (χ0n) is 13.0. The van der Waals surface area contributed by atoms with Crippen molar-refractivity contribution in [2.75, 3.05) is 0 Å². The van der Waals surface area contributed by atoms with Crippen LogP contribution in [0.5, 0.6) is 0 Å². The number of carbonyl (C=O) groups excluding carboxylic acids is 1. The van der Waals surface area contributed by atoms with Gasteiger partial charge in [0, 0.05) is 19.6 Å². The first kappa shape index (κ1) is 16.0. The molecule has 4 heteroatoms. The maximum atomic E-state index is 12.6. The molecule has 2 aliphatic rings. The predicted octanol–water partition coefficient (Wildman–Crippen LogP) is 3.06. The third kappa shape index (κ3) is 2.99. The zero-order valence-corrected chi connectivity index (χ0v) is 13.8. The fourth-order valence-electron chi connectivity index (χ4n) is 3.34. The number of hydrogen-bond donors (Lipinski definition) is 2. The van der Waals surface area contributed by atoms with Gasteiger partial charge in [-0.1, -0.05) is 48.5 Å². The molecule has 4 rings (SSSR count). The van der Waals surface area contributed by atoms with Crippen LogP contribution in [0.1, 0.15) is 35.1 Å². The van der Waals surface area contributed by atoms with Crippen molar-refractivity contribution in [3.05, 3.63) is 70.8 Å². The Hall–Kier alpha value is -1.84. The molecule has 1 fully saturated rings. The molecule has 0 saturated heterocycles. The first-order chi connectivity index (χ1) is 10.8. The van der Waals surface area contributed by atoms with Crippen LogP contribution in [0.3, 0.4) is 0 Å². The van der Waals surface area contributed by atoms with E-state index in [1.54, 1.807) is 0 Å². The van der Waals surface area contributed by atoms with Crippen molar-refractivity contribution in [2.24, 2.45) is 0 Å². The molecule has 1 aliphatic heterocycles. The molecule has 23 heavy (non-hydrogen) atoms. The molecular formula is C19H21ClN2O. The third-order valence-corrected chi connectivity index (χ3v) is 4.87. The summed E-state index contributed by atoms with van der Waals surface area (Å²) >= 11 is 0. The predicted molar refractivity (Wildman–Crippen MR) is 93.4 cm³/mol. The fourth-order valence-corrected chi connectivity index (χ4v) is 3.34. The minimum atomic E-state index is -0.278. The lowest BCUT2D eigenvalue weighted by Crippen LogP contribution is -2.34. The van der Waals surface area contributed by atoms with Crippen molar-refractivity contribution < 1.29 is 4.79 Å². The normalized spacial score (nSPS) is 17.0. The SMILES string of the molecule is Cl.O=C(NCc1ccc2c(c1)CNC2)C1(c2ccccc2)CC1. The highest BCUT2D eigenvalue weighted by Crippen LogP contribution is 2.48. The van der Waals surface area contributed by atoms with Crippen molar-refractivity contribution in [3.63, 3.8) is 0 Å². The summed E-state index contributed by atoms with van der Waals surface area (Å²) in [5, 5.41) is 6.48. The number of hydrogen-bond acceptors (Lipinski definition) is 2. The Bertz CT molecular complexity index is 711. The molecule has 0 radical (unpaired) electrons. The van der Waals surface area contributed by atoms with E-state index in [9.17, 15) is 4.79 Å². The van der Waals surface area contributed by atoms with Crippen LogP contribution in [-0.2, 0) is 29.8 Å². The van der Waals surface area contributed by atoms with Crippen LogP contribution in [0.15, 0.2) is 48.5 Å². The van der Waals surface area contributed by atoms with Gasteiger partial charge < -0.3 is 10.6 Å². The van der Waals surface area contributed by atoms with Gasteiger partial charge in [-0.3, -0.25) is 4.79 Å². The van der Waals surface area contributed by atoms with E-state index < -0.39 is 0 Å². The van der Waals surface area contributed by atoms with E-state index >= 15 is 0 Å². The summed E-state index contributed by atoms with van der Waals surface area (Å²) in [6.07, 6.45) is 1.91. The molecule has 2 aromatic rings. The van der Waals surface area contributed by atoms with Crippen LogP contribution in [0.2, 0.25) is 0 Å². The molecule has 0 bridgehead atoms. The summed E-state index contributed by atoms with van der Waals surface area (Å²) in [7, 11) is 0. The van der Waals surface area contributed by atoms with Crippen molar-refractivity contribution in [1.82, 2.24) is 10.6 Å². The van der Waals surface area contributed by atoms with Crippen molar-refractivity contribution >= 4 is 18.3 Å². The summed E-state index contributed by atoms with van der Waals surface area (Å²) in [6, 6.07) is 16.6. The summed E-state index contributed by atoms with van der Waals surface area (Å²) in [5.41, 5.74) is 4.78. The highest BCUT2D eigenvalue weighted by atomic mass is 35.5. The van der Waals surface area contributed by atoms with Crippen LogP contribution in [-0.4, -0.2) is 5.91 Å². The summed E-state index contributed by atoms with van der Waals surface area (Å²) in [5.74, 6) is 0.164. The standard InChI is InChI=1S/C19H20N2O.ClH/c22-18(19(8-9-19)17-4-2-1-3-5-17)21-11-14-6-7-15-12-20-13-16(15)10-14;/h1-7,10,20H,8-9,11-13H2,(H,21,22);1H. The number of rotatable bonds is 4. The Morgan fingerprint density at radius 3 is 2.52 bits per heavy atom. The van der Waals surface area contributed by atoms with Gasteiger partial charge in [-0.25, -0.2) is 0 Å². The lowest BCUT2D eigenvalue weighted by atomic mass is 9.95. The molecule has 0 unspecified atom stereocenters. The average molecular weight is 329 g/mol. The Morgan fingerprint density at radius 2 is 1.78 bits per heavy atom. The largest absolute Gasteiger partial charge is 0.351 e. The second-order valence-electron chi connectivity index (χ2n) is 6.34. The fraction of sp³-hybridized carbons (Fsp3) is 0.316. The monoisotopic (exact) mass is 328 g/mol. The van der Waals surface area contributed by atoms with E-state index in [-0.39, 0.29) is 23.7 Å². The topological polar surface area (TPSA) is 41.1 Å². The Labute approximate surface area is 142 Å². The van der Waals surface area contributed by atoms with Gasteiger partial charge in [0.05, 0.1) is 5.41 Å². The van der Waals surface area contributed by atoms with Gasteiger partial charge in [0.15, 0.2) is 0 Å². The molecule has 1 heterocycles. The first-order valence-corrected chi connectivity index (χ1v) is 7.93. The third-order valence-electron chi connectivity index (χ3n) is 4.87. The number of fused-ring (bicyclic) bond motifs is 1. The molecule has 1 aliphatic carbocycles. The van der Waals surface area contributed by atoms with Gasteiger partial charge in [0.25, 0.3) is 0 Å². The van der Waals surface area contributed by atoms with E-state index in [1.165, 1.54) is 16.7 Å². The first-order valence-electron chi connectivity index (χ1n) is 7.93. The molecular weight excluding hydrogens is 308 g/mol. The van der Waals surface area contributed by atoms with E-state index in [2.05, 4.69) is 41.0 Å². The van der Waals surface area contributed by atoms with Crippen molar-refractivity contribution in [2.45, 2.75) is 37.9 Å². The second kappa shape index (κ2) is 6.34. The second-order valence-corrected chi connectivity index (χ2v) is 6.34. The Kier molecular flexibility index (Phi) is 4.42. The van der Waals surface area contributed by atoms with Gasteiger partial charge >= 0.3 is 0 Å².